The molecule has 0 heteroatoms. The number of hydrogen-bond donors (Lipinski definition) is 0. The van der Waals surface area contributed by atoms with Crippen LogP contribution in [0.25, 0.3) is 0 Å². The van der Waals surface area contributed by atoms with Crippen molar-refractivity contribution >= 4 is 0 Å². The zero-order chi connectivity index (χ0) is 10.4. The first kappa shape index (κ1) is 12.7. The van der Waals surface area contributed by atoms with Gasteiger partial charge in [-0.2, -0.15) is 0 Å². The van der Waals surface area contributed by atoms with Crippen LogP contribution in [-0.4, -0.2) is 0 Å². The highest BCUT2D eigenvalue weighted by atomic mass is 14.1. The molecule has 0 aromatic heterocycles. The smallest absolute Gasteiger partial charge is 0.0295 e. The Balaban J connectivity index is 4.10. The maximum absolute atomic E-state index is 4.01. The summed E-state index contributed by atoms with van der Waals surface area (Å²) >= 11 is 0. The molecule has 0 saturated heterocycles. The molecular weight excluding hydrogens is 156 g/mol. The third kappa shape index (κ3) is 5.90. The highest BCUT2D eigenvalue weighted by Crippen LogP contribution is 2.20. The van der Waals surface area contributed by atoms with Crippen LogP contribution < -0.4 is 0 Å². The van der Waals surface area contributed by atoms with Crippen LogP contribution in [0, 0.1) is 25.7 Å². The Morgan fingerprint density at radius 2 is 1.54 bits per heavy atom. The van der Waals surface area contributed by atoms with E-state index in [1.807, 2.05) is 0 Å². The van der Waals surface area contributed by atoms with Gasteiger partial charge in [-0.25, -0.2) is 0 Å². The van der Waals surface area contributed by atoms with Crippen LogP contribution in [-0.2, 0) is 0 Å². The fourth-order valence-electron chi connectivity index (χ4n) is 1.50. The third-order valence-corrected chi connectivity index (χ3v) is 2.53. The molecule has 2 atom stereocenters. The summed E-state index contributed by atoms with van der Waals surface area (Å²) in [6, 6.07) is 0. The molecule has 0 spiro atoms. The largest absolute Gasteiger partial charge is 0.0741 e. The molecular formula is C13H24. The van der Waals surface area contributed by atoms with Gasteiger partial charge in [-0.05, 0) is 38.5 Å². The lowest BCUT2D eigenvalue weighted by molar-refractivity contribution is 0.576. The molecule has 0 aliphatic rings. The van der Waals surface area contributed by atoms with Crippen LogP contribution in [0.15, 0.2) is 11.1 Å². The van der Waals surface area contributed by atoms with Gasteiger partial charge in [0.05, 0.1) is 0 Å². The van der Waals surface area contributed by atoms with Crippen molar-refractivity contribution in [2.75, 3.05) is 0 Å². The Bertz CT molecular complexity index is 163. The second kappa shape index (κ2) is 6.23. The van der Waals surface area contributed by atoms with E-state index in [1.54, 1.807) is 0 Å². The van der Waals surface area contributed by atoms with Crippen LogP contribution in [0.2, 0.25) is 0 Å². The molecule has 0 nitrogen and oxygen atoms in total. The number of rotatable bonds is 5. The molecule has 0 aromatic rings. The van der Waals surface area contributed by atoms with Gasteiger partial charge in [0, 0.05) is 0 Å². The van der Waals surface area contributed by atoms with E-state index < -0.39 is 0 Å². The van der Waals surface area contributed by atoms with Gasteiger partial charge in [0.1, 0.15) is 0 Å². The molecule has 0 N–H and O–H groups in total. The molecule has 0 heterocycles. The quantitative estimate of drug-likeness (QED) is 0.549. The second-order valence-electron chi connectivity index (χ2n) is 4.47. The Labute approximate surface area is 84.4 Å². The van der Waals surface area contributed by atoms with E-state index in [9.17, 15) is 0 Å². The van der Waals surface area contributed by atoms with Gasteiger partial charge in [0.25, 0.3) is 0 Å². The molecule has 0 amide bonds. The molecule has 0 fully saturated rings. The molecule has 2 radical (unpaired) electrons. The van der Waals surface area contributed by atoms with Crippen molar-refractivity contribution in [2.45, 2.75) is 47.0 Å². The van der Waals surface area contributed by atoms with Crippen molar-refractivity contribution in [1.29, 1.82) is 0 Å². The van der Waals surface area contributed by atoms with Gasteiger partial charge in [-0.1, -0.05) is 45.3 Å². The summed E-state index contributed by atoms with van der Waals surface area (Å²) in [5.41, 5.74) is 3.05. The van der Waals surface area contributed by atoms with Crippen LogP contribution >= 0.6 is 0 Å². The molecule has 0 bridgehead atoms. The maximum atomic E-state index is 4.01. The molecule has 0 rings (SSSR count). The summed E-state index contributed by atoms with van der Waals surface area (Å²) in [4.78, 5) is 0. The van der Waals surface area contributed by atoms with Gasteiger partial charge in [-0.3, -0.25) is 0 Å². The normalized spacial score (nSPS) is 15.9. The lowest BCUT2D eigenvalue weighted by Gasteiger charge is -2.13. The van der Waals surface area contributed by atoms with E-state index in [0.29, 0.717) is 5.92 Å². The van der Waals surface area contributed by atoms with Gasteiger partial charge in [-0.15, -0.1) is 0 Å². The molecule has 0 aliphatic carbocycles. The van der Waals surface area contributed by atoms with Crippen molar-refractivity contribution in [1.82, 2.24) is 0 Å². The zero-order valence-corrected chi connectivity index (χ0v) is 9.69. The van der Waals surface area contributed by atoms with Gasteiger partial charge in [0.15, 0.2) is 0 Å². The van der Waals surface area contributed by atoms with E-state index >= 15 is 0 Å². The molecule has 0 aliphatic heterocycles. The SMILES string of the molecule is [CH2]CC(C)CC(C)=C(C)CC([CH2])C. The van der Waals surface area contributed by atoms with Crippen molar-refractivity contribution in [3.63, 3.8) is 0 Å². The minimum absolute atomic E-state index is 0.532. The average Bonchev–Trinajstić information content (AvgIpc) is 2.02. The molecule has 2 unspecified atom stereocenters. The topological polar surface area (TPSA) is 0 Å². The summed E-state index contributed by atoms with van der Waals surface area (Å²) < 4.78 is 0. The zero-order valence-electron chi connectivity index (χ0n) is 9.69. The summed E-state index contributed by atoms with van der Waals surface area (Å²) in [5, 5.41) is 0. The predicted octanol–water partition coefficient (Wildman–Crippen LogP) is 4.43. The van der Waals surface area contributed by atoms with E-state index in [4.69, 9.17) is 0 Å². The Kier molecular flexibility index (Phi) is 6.11. The first-order valence-corrected chi connectivity index (χ1v) is 5.24. The second-order valence-corrected chi connectivity index (χ2v) is 4.47. The fraction of sp³-hybridized carbons (Fsp3) is 0.692. The van der Waals surface area contributed by atoms with E-state index in [2.05, 4.69) is 41.5 Å². The van der Waals surface area contributed by atoms with E-state index in [-0.39, 0.29) is 0 Å². The molecule has 13 heavy (non-hydrogen) atoms. The van der Waals surface area contributed by atoms with Gasteiger partial charge < -0.3 is 0 Å². The standard InChI is InChI=1S/C13H24/c1-7-11(4)9-13(6)12(5)8-10(2)3/h10-11H,1-2,7-9H2,3-6H3. The van der Waals surface area contributed by atoms with Crippen LogP contribution in [0.4, 0.5) is 0 Å². The van der Waals surface area contributed by atoms with E-state index in [1.165, 1.54) is 17.6 Å². The monoisotopic (exact) mass is 180 g/mol. The minimum Gasteiger partial charge on any atom is -0.0741 e. The lowest BCUT2D eigenvalue weighted by atomic mass is 9.93. The first-order valence-electron chi connectivity index (χ1n) is 5.24. The van der Waals surface area contributed by atoms with Crippen LogP contribution in [0.3, 0.4) is 0 Å². The summed E-state index contributed by atoms with van der Waals surface area (Å²) in [6.07, 6.45) is 3.36. The number of allylic oxidation sites excluding steroid dienone is 2. The predicted molar refractivity (Wildman–Crippen MR) is 61.3 cm³/mol. The Morgan fingerprint density at radius 3 is 1.92 bits per heavy atom. The summed E-state index contributed by atoms with van der Waals surface area (Å²) in [7, 11) is 0. The highest BCUT2D eigenvalue weighted by Gasteiger charge is 2.04. The third-order valence-electron chi connectivity index (χ3n) is 2.53. The van der Waals surface area contributed by atoms with E-state index in [0.717, 1.165) is 18.8 Å². The molecule has 0 saturated carbocycles. The van der Waals surface area contributed by atoms with Gasteiger partial charge >= 0.3 is 0 Å². The Hall–Kier alpha value is -0.260. The van der Waals surface area contributed by atoms with Crippen molar-refractivity contribution in [2.24, 2.45) is 11.8 Å². The van der Waals surface area contributed by atoms with Gasteiger partial charge in [0.2, 0.25) is 0 Å². The van der Waals surface area contributed by atoms with Crippen LogP contribution in [0.5, 0.6) is 0 Å². The Morgan fingerprint density at radius 1 is 1.08 bits per heavy atom. The number of hydrogen-bond acceptors (Lipinski definition) is 0. The first-order chi connectivity index (χ1) is 5.97. The van der Waals surface area contributed by atoms with Crippen LogP contribution in [0.1, 0.15) is 47.0 Å². The van der Waals surface area contributed by atoms with Crippen molar-refractivity contribution in [3.05, 3.63) is 25.0 Å². The average molecular weight is 180 g/mol. The summed E-state index contributed by atoms with van der Waals surface area (Å²) in [6.45, 7) is 16.8. The highest BCUT2D eigenvalue weighted by molar-refractivity contribution is 5.10. The summed E-state index contributed by atoms with van der Waals surface area (Å²) in [5.74, 6) is 1.25. The minimum atomic E-state index is 0.532. The maximum Gasteiger partial charge on any atom is -0.0295 e. The molecule has 0 aromatic carbocycles. The van der Waals surface area contributed by atoms with Crippen molar-refractivity contribution in [3.8, 4) is 0 Å². The molecule has 76 valence electrons. The van der Waals surface area contributed by atoms with Crippen molar-refractivity contribution < 1.29 is 0 Å². The fourth-order valence-corrected chi connectivity index (χ4v) is 1.50. The lowest BCUT2D eigenvalue weighted by Crippen LogP contribution is -1.97.